The molecule has 4 nitrogen and oxygen atoms in total. The van der Waals surface area contributed by atoms with Gasteiger partial charge in [0.05, 0.1) is 30.1 Å². The molecule has 1 N–H and O–H groups in total. The minimum Gasteiger partial charge on any atom is -0.498 e. The van der Waals surface area contributed by atoms with E-state index in [0.717, 1.165) is 50.0 Å². The molecule has 2 fully saturated rings. The molecule has 0 amide bonds. The first-order chi connectivity index (χ1) is 15.8. The number of piperidine rings is 1. The first-order valence-corrected chi connectivity index (χ1v) is 12.6. The van der Waals surface area contributed by atoms with Crippen LogP contribution >= 0.6 is 11.6 Å². The molecular formula is C28H40ClNO3. The molecule has 0 saturated carbocycles. The van der Waals surface area contributed by atoms with Gasteiger partial charge in [0.1, 0.15) is 5.75 Å². The normalized spacial score (nSPS) is 26.9. The molecule has 2 aliphatic heterocycles. The Hall–Kier alpha value is -1.75. The Morgan fingerprint density at radius 3 is 2.42 bits per heavy atom. The maximum atomic E-state index is 11.7. The van der Waals surface area contributed by atoms with Gasteiger partial charge in [-0.15, -0.1) is 0 Å². The van der Waals surface area contributed by atoms with E-state index in [4.69, 9.17) is 21.1 Å². The highest BCUT2D eigenvalue weighted by Crippen LogP contribution is 2.47. The maximum absolute atomic E-state index is 11.7. The third-order valence-corrected chi connectivity index (χ3v) is 7.71. The topological polar surface area (TPSA) is 41.9 Å². The lowest BCUT2D eigenvalue weighted by atomic mass is 9.80. The van der Waals surface area contributed by atoms with Crippen molar-refractivity contribution >= 4 is 11.6 Å². The van der Waals surface area contributed by atoms with E-state index in [9.17, 15) is 5.11 Å². The largest absolute Gasteiger partial charge is 0.498 e. The van der Waals surface area contributed by atoms with Crippen LogP contribution in [0, 0.1) is 0 Å². The molecule has 182 valence electrons. The molecule has 33 heavy (non-hydrogen) atoms. The van der Waals surface area contributed by atoms with E-state index in [1.165, 1.54) is 16.7 Å². The summed E-state index contributed by atoms with van der Waals surface area (Å²) in [5.74, 6) is 1.64. The summed E-state index contributed by atoms with van der Waals surface area (Å²) in [6.45, 7) is 12.2. The molecule has 2 bridgehead atoms. The molecule has 1 aromatic rings. The SMILES string of the molecule is C\C=C/C(CN1C2CCC1CC(O)(c1ccc(Cl)c(OC)c1)C2)=C(C)\C(CC)=C(/C)OCC. The molecular weight excluding hydrogens is 434 g/mol. The van der Waals surface area contributed by atoms with Crippen molar-refractivity contribution in [2.45, 2.75) is 84.4 Å². The smallest absolute Gasteiger partial charge is 0.137 e. The number of rotatable bonds is 9. The van der Waals surface area contributed by atoms with Crippen molar-refractivity contribution in [2.75, 3.05) is 20.3 Å². The van der Waals surface area contributed by atoms with Crippen LogP contribution in [0.15, 0.2) is 52.8 Å². The van der Waals surface area contributed by atoms with Gasteiger partial charge >= 0.3 is 0 Å². The Balaban J connectivity index is 1.87. The van der Waals surface area contributed by atoms with Crippen LogP contribution < -0.4 is 4.74 Å². The number of benzene rings is 1. The summed E-state index contributed by atoms with van der Waals surface area (Å²) >= 11 is 6.23. The fourth-order valence-corrected chi connectivity index (χ4v) is 5.92. The second-order valence-corrected chi connectivity index (χ2v) is 9.73. The average molecular weight is 474 g/mol. The molecule has 2 atom stereocenters. The quantitative estimate of drug-likeness (QED) is 0.317. The van der Waals surface area contributed by atoms with Crippen molar-refractivity contribution in [3.8, 4) is 5.75 Å². The molecule has 0 radical (unpaired) electrons. The van der Waals surface area contributed by atoms with E-state index in [1.807, 2.05) is 25.1 Å². The van der Waals surface area contributed by atoms with E-state index in [1.54, 1.807) is 7.11 Å². The molecule has 1 aromatic carbocycles. The van der Waals surface area contributed by atoms with E-state index in [0.29, 0.717) is 29.5 Å². The van der Waals surface area contributed by atoms with Crippen LogP contribution in [0.25, 0.3) is 0 Å². The summed E-state index contributed by atoms with van der Waals surface area (Å²) in [5.41, 5.74) is 4.00. The van der Waals surface area contributed by atoms with Gasteiger partial charge in [-0.05, 0) is 94.2 Å². The molecule has 0 spiro atoms. The van der Waals surface area contributed by atoms with Crippen LogP contribution in [-0.4, -0.2) is 42.4 Å². The summed E-state index contributed by atoms with van der Waals surface area (Å²) in [4.78, 5) is 2.61. The lowest BCUT2D eigenvalue weighted by Crippen LogP contribution is -2.50. The highest BCUT2D eigenvalue weighted by molar-refractivity contribution is 6.32. The monoisotopic (exact) mass is 473 g/mol. The number of fused-ring (bicyclic) bond motifs is 2. The number of nitrogens with zero attached hydrogens (tertiary/aromatic N) is 1. The zero-order chi connectivity index (χ0) is 24.2. The molecule has 3 rings (SSSR count). The Bertz CT molecular complexity index is 919. The Labute approximate surface area is 204 Å². The van der Waals surface area contributed by atoms with Gasteiger partial charge in [-0.25, -0.2) is 0 Å². The van der Waals surface area contributed by atoms with Crippen molar-refractivity contribution in [3.05, 3.63) is 63.4 Å². The van der Waals surface area contributed by atoms with Gasteiger partial charge in [0, 0.05) is 18.6 Å². The first kappa shape index (κ1) is 25.9. The molecule has 0 aromatic heterocycles. The molecule has 2 saturated heterocycles. The third kappa shape index (κ3) is 5.50. The Morgan fingerprint density at radius 2 is 1.88 bits per heavy atom. The summed E-state index contributed by atoms with van der Waals surface area (Å²) in [5, 5.41) is 12.3. The minimum absolute atomic E-state index is 0.352. The number of hydrogen-bond donors (Lipinski definition) is 1. The van der Waals surface area contributed by atoms with E-state index < -0.39 is 5.60 Å². The average Bonchev–Trinajstić information content (AvgIpc) is 3.03. The lowest BCUT2D eigenvalue weighted by Gasteiger charge is -2.44. The fourth-order valence-electron chi connectivity index (χ4n) is 5.73. The van der Waals surface area contributed by atoms with Crippen molar-refractivity contribution in [2.24, 2.45) is 0 Å². The van der Waals surface area contributed by atoms with Crippen LogP contribution in [-0.2, 0) is 10.3 Å². The van der Waals surface area contributed by atoms with Gasteiger partial charge in [0.2, 0.25) is 0 Å². The molecule has 2 aliphatic rings. The van der Waals surface area contributed by atoms with Crippen molar-refractivity contribution in [1.82, 2.24) is 4.90 Å². The molecule has 2 heterocycles. The zero-order valence-electron chi connectivity index (χ0n) is 21.1. The maximum Gasteiger partial charge on any atom is 0.137 e. The van der Waals surface area contributed by atoms with Crippen molar-refractivity contribution in [1.29, 1.82) is 0 Å². The van der Waals surface area contributed by atoms with Gasteiger partial charge in [-0.3, -0.25) is 4.90 Å². The van der Waals surface area contributed by atoms with Crippen molar-refractivity contribution in [3.63, 3.8) is 0 Å². The second-order valence-electron chi connectivity index (χ2n) is 9.32. The number of methoxy groups -OCH3 is 1. The minimum atomic E-state index is -0.847. The predicted molar refractivity (Wildman–Crippen MR) is 137 cm³/mol. The summed E-state index contributed by atoms with van der Waals surface area (Å²) in [6.07, 6.45) is 9.01. The first-order valence-electron chi connectivity index (χ1n) is 12.2. The third-order valence-electron chi connectivity index (χ3n) is 7.40. The van der Waals surface area contributed by atoms with E-state index in [2.05, 4.69) is 44.7 Å². The number of halogens is 1. The molecule has 2 unspecified atom stereocenters. The number of aliphatic hydroxyl groups is 1. The van der Waals surface area contributed by atoms with Crippen LogP contribution in [0.2, 0.25) is 5.02 Å². The second kappa shape index (κ2) is 11.1. The highest BCUT2D eigenvalue weighted by atomic mass is 35.5. The summed E-state index contributed by atoms with van der Waals surface area (Å²) in [6, 6.07) is 6.39. The number of allylic oxidation sites excluding steroid dienone is 4. The molecule has 0 aliphatic carbocycles. The predicted octanol–water partition coefficient (Wildman–Crippen LogP) is 6.78. The lowest BCUT2D eigenvalue weighted by molar-refractivity contribution is -0.0542. The van der Waals surface area contributed by atoms with E-state index >= 15 is 0 Å². The zero-order valence-corrected chi connectivity index (χ0v) is 21.8. The summed E-state index contributed by atoms with van der Waals surface area (Å²) in [7, 11) is 1.62. The van der Waals surface area contributed by atoms with Crippen LogP contribution in [0.1, 0.15) is 72.3 Å². The van der Waals surface area contributed by atoms with Crippen molar-refractivity contribution < 1.29 is 14.6 Å². The highest BCUT2D eigenvalue weighted by Gasteiger charge is 2.48. The standard InChI is InChI=1S/C28H40ClNO3/c1-7-10-21(19(4)25(8-2)20(5)33-9-3)18-30-23-12-13-24(30)17-28(31,16-23)22-11-14-26(29)27(15-22)32-6/h7,10-11,14-15,23-24,31H,8-9,12-13,16-18H2,1-6H3/b10-7-,21-19+,25-20+. The number of hydrogen-bond acceptors (Lipinski definition) is 4. The van der Waals surface area contributed by atoms with Gasteiger partial charge in [-0.2, -0.15) is 0 Å². The van der Waals surface area contributed by atoms with Gasteiger partial charge in [0.15, 0.2) is 0 Å². The van der Waals surface area contributed by atoms with Gasteiger partial charge in [-0.1, -0.05) is 36.7 Å². The van der Waals surface area contributed by atoms with E-state index in [-0.39, 0.29) is 0 Å². The number of ether oxygens (including phenoxy) is 2. The summed E-state index contributed by atoms with van der Waals surface area (Å²) < 4.78 is 11.3. The Morgan fingerprint density at radius 1 is 1.21 bits per heavy atom. The van der Waals surface area contributed by atoms with Crippen LogP contribution in [0.3, 0.4) is 0 Å². The van der Waals surface area contributed by atoms with Crippen LogP contribution in [0.5, 0.6) is 5.75 Å². The van der Waals surface area contributed by atoms with Gasteiger partial charge < -0.3 is 14.6 Å². The van der Waals surface area contributed by atoms with Crippen LogP contribution in [0.4, 0.5) is 0 Å². The molecule has 5 heteroatoms. The Kier molecular flexibility index (Phi) is 8.71. The fraction of sp³-hybridized carbons (Fsp3) is 0.571. The van der Waals surface area contributed by atoms with Gasteiger partial charge in [0.25, 0.3) is 0 Å².